The second-order valence-corrected chi connectivity index (χ2v) is 5.91. The number of aliphatic hydroxyl groups is 1. The molecule has 1 aromatic carbocycles. The Morgan fingerprint density at radius 1 is 1.39 bits per heavy atom. The Hall–Kier alpha value is -0.710. The lowest BCUT2D eigenvalue weighted by atomic mass is 10.2. The van der Waals surface area contributed by atoms with Crippen LogP contribution in [0.25, 0.3) is 0 Å². The molecule has 0 spiro atoms. The Kier molecular flexibility index (Phi) is 7.16. The molecule has 0 amide bonds. The van der Waals surface area contributed by atoms with Gasteiger partial charge in [-0.2, -0.15) is 0 Å². The van der Waals surface area contributed by atoms with Gasteiger partial charge in [0.25, 0.3) is 0 Å². The van der Waals surface area contributed by atoms with Crippen LogP contribution in [-0.4, -0.2) is 34.3 Å². The highest BCUT2D eigenvalue weighted by atomic mass is 32.2. The highest BCUT2D eigenvalue weighted by molar-refractivity contribution is 7.85. The zero-order valence-corrected chi connectivity index (χ0v) is 12.0. The fraction of sp³-hybridized carbons (Fsp3) is 0.571. The Balaban J connectivity index is 2.63. The average Bonchev–Trinajstić information content (AvgIpc) is 2.36. The predicted octanol–water partition coefficient (Wildman–Crippen LogP) is 1.85. The van der Waals surface area contributed by atoms with Gasteiger partial charge < -0.3 is 10.4 Å². The SMILES string of the molecule is CCCNC(CCO)CS(=O)c1ccccc1C. The van der Waals surface area contributed by atoms with E-state index in [-0.39, 0.29) is 12.6 Å². The molecule has 18 heavy (non-hydrogen) atoms. The Bertz CT molecular complexity index is 382. The second kappa shape index (κ2) is 8.40. The molecule has 0 saturated carbocycles. The molecular weight excluding hydrogens is 246 g/mol. The third kappa shape index (κ3) is 4.88. The molecule has 0 aromatic heterocycles. The third-order valence-corrected chi connectivity index (χ3v) is 4.51. The molecule has 1 aromatic rings. The van der Waals surface area contributed by atoms with E-state index in [1.165, 1.54) is 0 Å². The quantitative estimate of drug-likeness (QED) is 0.757. The summed E-state index contributed by atoms with van der Waals surface area (Å²) < 4.78 is 12.3. The van der Waals surface area contributed by atoms with Crippen molar-refractivity contribution in [1.29, 1.82) is 0 Å². The van der Waals surface area contributed by atoms with Crippen molar-refractivity contribution in [3.63, 3.8) is 0 Å². The highest BCUT2D eigenvalue weighted by Gasteiger charge is 2.14. The van der Waals surface area contributed by atoms with E-state index in [1.54, 1.807) is 0 Å². The van der Waals surface area contributed by atoms with Crippen LogP contribution < -0.4 is 5.32 Å². The summed E-state index contributed by atoms with van der Waals surface area (Å²) in [6.45, 7) is 5.11. The van der Waals surface area contributed by atoms with Gasteiger partial charge in [-0.15, -0.1) is 0 Å². The summed E-state index contributed by atoms with van der Waals surface area (Å²) in [5.74, 6) is 0.561. The molecular formula is C14H23NO2S. The highest BCUT2D eigenvalue weighted by Crippen LogP contribution is 2.13. The van der Waals surface area contributed by atoms with E-state index < -0.39 is 10.8 Å². The Morgan fingerprint density at radius 3 is 2.72 bits per heavy atom. The van der Waals surface area contributed by atoms with E-state index in [4.69, 9.17) is 5.11 Å². The molecule has 2 unspecified atom stereocenters. The van der Waals surface area contributed by atoms with Crippen LogP contribution in [0.15, 0.2) is 29.2 Å². The minimum Gasteiger partial charge on any atom is -0.396 e. The first-order valence-corrected chi connectivity index (χ1v) is 7.79. The van der Waals surface area contributed by atoms with Crippen molar-refractivity contribution >= 4 is 10.8 Å². The van der Waals surface area contributed by atoms with E-state index in [0.717, 1.165) is 23.4 Å². The van der Waals surface area contributed by atoms with Crippen LogP contribution in [0.5, 0.6) is 0 Å². The topological polar surface area (TPSA) is 49.3 Å². The molecule has 0 fully saturated rings. The fourth-order valence-corrected chi connectivity index (χ4v) is 3.32. The largest absolute Gasteiger partial charge is 0.396 e. The lowest BCUT2D eigenvalue weighted by molar-refractivity contribution is 0.270. The minimum absolute atomic E-state index is 0.121. The summed E-state index contributed by atoms with van der Waals surface area (Å²) >= 11 is 0. The van der Waals surface area contributed by atoms with Crippen LogP contribution in [-0.2, 0) is 10.8 Å². The number of benzene rings is 1. The number of aliphatic hydroxyl groups excluding tert-OH is 1. The minimum atomic E-state index is -1.00. The maximum Gasteiger partial charge on any atom is 0.0547 e. The second-order valence-electron chi connectivity index (χ2n) is 4.44. The zero-order chi connectivity index (χ0) is 13.4. The third-order valence-electron chi connectivity index (χ3n) is 2.85. The first kappa shape index (κ1) is 15.3. The molecule has 0 saturated heterocycles. The lowest BCUT2D eigenvalue weighted by Crippen LogP contribution is -2.35. The molecule has 0 radical (unpaired) electrons. The smallest absolute Gasteiger partial charge is 0.0547 e. The van der Waals surface area contributed by atoms with Crippen molar-refractivity contribution in [3.8, 4) is 0 Å². The molecule has 2 atom stereocenters. The number of hydrogen-bond donors (Lipinski definition) is 2. The van der Waals surface area contributed by atoms with Gasteiger partial charge in [-0.1, -0.05) is 25.1 Å². The summed E-state index contributed by atoms with van der Waals surface area (Å²) in [6, 6.07) is 7.89. The van der Waals surface area contributed by atoms with Crippen molar-refractivity contribution in [2.24, 2.45) is 0 Å². The monoisotopic (exact) mass is 269 g/mol. The average molecular weight is 269 g/mol. The first-order valence-electron chi connectivity index (χ1n) is 6.47. The number of nitrogens with one attached hydrogen (secondary N) is 1. The Morgan fingerprint density at radius 2 is 2.11 bits per heavy atom. The summed E-state index contributed by atoms with van der Waals surface area (Å²) in [4.78, 5) is 0.902. The normalized spacial score (nSPS) is 14.4. The summed E-state index contributed by atoms with van der Waals surface area (Å²) in [5, 5.41) is 12.4. The van der Waals surface area contributed by atoms with Gasteiger partial charge in [0.15, 0.2) is 0 Å². The molecule has 4 heteroatoms. The fourth-order valence-electron chi connectivity index (χ4n) is 1.83. The Labute approximate surface area is 112 Å². The zero-order valence-electron chi connectivity index (χ0n) is 11.2. The number of hydrogen-bond acceptors (Lipinski definition) is 3. The van der Waals surface area contributed by atoms with Crippen LogP contribution in [0.2, 0.25) is 0 Å². The molecule has 0 aliphatic rings. The van der Waals surface area contributed by atoms with Gasteiger partial charge in [0.1, 0.15) is 0 Å². The van der Waals surface area contributed by atoms with Crippen LogP contribution >= 0.6 is 0 Å². The molecule has 3 nitrogen and oxygen atoms in total. The van der Waals surface area contributed by atoms with E-state index in [9.17, 15) is 4.21 Å². The predicted molar refractivity (Wildman–Crippen MR) is 76.2 cm³/mol. The van der Waals surface area contributed by atoms with Crippen molar-refractivity contribution in [2.75, 3.05) is 18.9 Å². The van der Waals surface area contributed by atoms with Crippen LogP contribution in [0.4, 0.5) is 0 Å². The van der Waals surface area contributed by atoms with Gasteiger partial charge in [-0.25, -0.2) is 0 Å². The molecule has 1 rings (SSSR count). The molecule has 0 aliphatic heterocycles. The maximum absolute atomic E-state index is 12.3. The number of aryl methyl sites for hydroxylation is 1. The molecule has 0 heterocycles. The van der Waals surface area contributed by atoms with E-state index in [0.29, 0.717) is 12.2 Å². The molecule has 0 aliphatic carbocycles. The lowest BCUT2D eigenvalue weighted by Gasteiger charge is -2.17. The number of rotatable bonds is 8. The first-order chi connectivity index (χ1) is 8.69. The van der Waals surface area contributed by atoms with Crippen molar-refractivity contribution < 1.29 is 9.32 Å². The summed E-state index contributed by atoms with van der Waals surface area (Å²) in [5.41, 5.74) is 1.06. The van der Waals surface area contributed by atoms with Crippen molar-refractivity contribution in [3.05, 3.63) is 29.8 Å². The van der Waals surface area contributed by atoms with Crippen LogP contribution in [0.3, 0.4) is 0 Å². The van der Waals surface area contributed by atoms with Gasteiger partial charge in [0, 0.05) is 23.3 Å². The molecule has 2 N–H and O–H groups in total. The summed E-state index contributed by atoms with van der Waals surface area (Å²) in [6.07, 6.45) is 1.69. The van der Waals surface area contributed by atoms with E-state index >= 15 is 0 Å². The maximum atomic E-state index is 12.3. The van der Waals surface area contributed by atoms with E-state index in [2.05, 4.69) is 12.2 Å². The molecule has 102 valence electrons. The van der Waals surface area contributed by atoms with Gasteiger partial charge in [0.2, 0.25) is 0 Å². The standard InChI is InChI=1S/C14H23NO2S/c1-3-9-15-13(8-10-16)11-18(17)14-7-5-4-6-12(14)2/h4-7,13,15-16H,3,8-11H2,1-2H3. The van der Waals surface area contributed by atoms with E-state index in [1.807, 2.05) is 31.2 Å². The van der Waals surface area contributed by atoms with Gasteiger partial charge in [-0.05, 0) is 37.9 Å². The summed E-state index contributed by atoms with van der Waals surface area (Å²) in [7, 11) is -1.00. The van der Waals surface area contributed by atoms with Gasteiger partial charge in [-0.3, -0.25) is 4.21 Å². The van der Waals surface area contributed by atoms with Crippen LogP contribution in [0.1, 0.15) is 25.3 Å². The van der Waals surface area contributed by atoms with Gasteiger partial charge >= 0.3 is 0 Å². The molecule has 0 bridgehead atoms. The van der Waals surface area contributed by atoms with Crippen LogP contribution in [0, 0.1) is 6.92 Å². The van der Waals surface area contributed by atoms with Crippen molar-refractivity contribution in [1.82, 2.24) is 5.32 Å². The van der Waals surface area contributed by atoms with Gasteiger partial charge in [0.05, 0.1) is 10.8 Å². The van der Waals surface area contributed by atoms with Crippen molar-refractivity contribution in [2.45, 2.75) is 37.6 Å².